The van der Waals surface area contributed by atoms with Gasteiger partial charge in [-0.05, 0) is 40.6 Å². The van der Waals surface area contributed by atoms with Crippen molar-refractivity contribution in [3.63, 3.8) is 0 Å². The lowest BCUT2D eigenvalue weighted by Crippen LogP contribution is -2.28. The monoisotopic (exact) mass is 415 g/mol. The number of nitrogens with one attached hydrogen (secondary N) is 1. The third kappa shape index (κ3) is 2.90. The zero-order valence-corrected chi connectivity index (χ0v) is 16.0. The van der Waals surface area contributed by atoms with Gasteiger partial charge >= 0.3 is 0 Å². The minimum Gasteiger partial charge on any atom is -0.493 e. The van der Waals surface area contributed by atoms with Crippen LogP contribution in [0.25, 0.3) is 0 Å². The maximum atomic E-state index is 5.64. The minimum absolute atomic E-state index is 0.0695. The molecule has 0 saturated heterocycles. The third-order valence-electron chi connectivity index (χ3n) is 4.62. The topological polar surface area (TPSA) is 74.1 Å². The summed E-state index contributed by atoms with van der Waals surface area (Å²) in [6.45, 7) is 0. The van der Waals surface area contributed by atoms with Crippen molar-refractivity contribution >= 4 is 21.9 Å². The summed E-state index contributed by atoms with van der Waals surface area (Å²) in [4.78, 5) is 0. The quantitative estimate of drug-likeness (QED) is 0.701. The summed E-state index contributed by atoms with van der Waals surface area (Å²) in [5.74, 6) is 2.04. The van der Waals surface area contributed by atoms with Crippen LogP contribution in [0.3, 0.4) is 0 Å². The van der Waals surface area contributed by atoms with E-state index in [0.29, 0.717) is 17.4 Å². The molecule has 1 aromatic heterocycles. The highest BCUT2D eigenvalue weighted by atomic mass is 79.9. The zero-order chi connectivity index (χ0) is 18.1. The van der Waals surface area contributed by atoms with Gasteiger partial charge in [-0.3, -0.25) is 0 Å². The highest BCUT2D eigenvalue weighted by Gasteiger charge is 2.33. The minimum atomic E-state index is -0.0695. The van der Waals surface area contributed by atoms with Crippen LogP contribution >= 0.6 is 15.9 Å². The van der Waals surface area contributed by atoms with E-state index in [9.17, 15) is 0 Å². The molecule has 2 heterocycles. The number of fused-ring (bicyclic) bond motifs is 1. The normalized spacial score (nSPS) is 18.7. The van der Waals surface area contributed by atoms with Gasteiger partial charge in [0.15, 0.2) is 11.5 Å². The van der Waals surface area contributed by atoms with Crippen molar-refractivity contribution < 1.29 is 9.47 Å². The Labute approximate surface area is 159 Å². The molecular weight excluding hydrogens is 398 g/mol. The Kier molecular flexibility index (Phi) is 4.50. The van der Waals surface area contributed by atoms with Crippen LogP contribution in [0.1, 0.15) is 29.6 Å². The van der Waals surface area contributed by atoms with Gasteiger partial charge in [0.1, 0.15) is 0 Å². The lowest BCUT2D eigenvalue weighted by atomic mass is 9.92. The fourth-order valence-electron chi connectivity index (χ4n) is 3.38. The summed E-state index contributed by atoms with van der Waals surface area (Å²) in [6.07, 6.45) is 0.781. The standard InChI is InChI=1S/C18H18BrN5O2/c1-25-16-5-3-4-13(17(16)26-2)15-10-14(11-6-8-12(19)9-7-11)20-18-21-22-23-24(15)18/h3-9,14-15H,10H2,1-2H3,(H,20,21,23)/t14-,15-/m0/s1. The van der Waals surface area contributed by atoms with Crippen LogP contribution in [-0.4, -0.2) is 34.4 Å². The predicted molar refractivity (Wildman–Crippen MR) is 101 cm³/mol. The number of nitrogens with zero attached hydrogens (tertiary/aromatic N) is 4. The fourth-order valence-corrected chi connectivity index (χ4v) is 3.65. The van der Waals surface area contributed by atoms with E-state index >= 15 is 0 Å². The second-order valence-electron chi connectivity index (χ2n) is 6.03. The zero-order valence-electron chi connectivity index (χ0n) is 14.4. The lowest BCUT2D eigenvalue weighted by molar-refractivity contribution is 0.339. The predicted octanol–water partition coefficient (Wildman–Crippen LogP) is 3.60. The molecule has 1 N–H and O–H groups in total. The van der Waals surface area contributed by atoms with E-state index < -0.39 is 0 Å². The van der Waals surface area contributed by atoms with Crippen LogP contribution in [-0.2, 0) is 0 Å². The number of hydrogen-bond donors (Lipinski definition) is 1. The number of anilines is 1. The summed E-state index contributed by atoms with van der Waals surface area (Å²) in [5.41, 5.74) is 2.17. The molecule has 0 aliphatic carbocycles. The summed E-state index contributed by atoms with van der Waals surface area (Å²) in [7, 11) is 3.28. The number of halogens is 1. The Balaban J connectivity index is 1.78. The van der Waals surface area contributed by atoms with Crippen molar-refractivity contribution in [2.24, 2.45) is 0 Å². The van der Waals surface area contributed by atoms with Crippen molar-refractivity contribution in [3.05, 3.63) is 58.1 Å². The Morgan fingerprint density at radius 1 is 1.12 bits per heavy atom. The van der Waals surface area contributed by atoms with E-state index in [-0.39, 0.29) is 12.1 Å². The summed E-state index contributed by atoms with van der Waals surface area (Å²) in [5, 5.41) is 15.6. The van der Waals surface area contributed by atoms with E-state index in [0.717, 1.165) is 16.5 Å². The second-order valence-corrected chi connectivity index (χ2v) is 6.95. The first-order chi connectivity index (χ1) is 12.7. The first-order valence-corrected chi connectivity index (χ1v) is 9.01. The summed E-state index contributed by atoms with van der Waals surface area (Å²) >= 11 is 3.49. The Hall–Kier alpha value is -2.61. The molecule has 0 saturated carbocycles. The van der Waals surface area contributed by atoms with Crippen LogP contribution in [0.4, 0.5) is 5.95 Å². The SMILES string of the molecule is COc1cccc([C@@H]2C[C@@H](c3ccc(Br)cc3)Nc3nnnn32)c1OC. The number of benzene rings is 2. The fraction of sp³-hybridized carbons (Fsp3) is 0.278. The molecular formula is C18H18BrN5O2. The van der Waals surface area contributed by atoms with Crippen LogP contribution in [0, 0.1) is 0 Å². The Morgan fingerprint density at radius 3 is 2.65 bits per heavy atom. The number of aromatic nitrogens is 4. The molecule has 3 aromatic rings. The first kappa shape index (κ1) is 16.8. The maximum Gasteiger partial charge on any atom is 0.243 e. The molecule has 0 unspecified atom stereocenters. The molecule has 0 amide bonds. The third-order valence-corrected chi connectivity index (χ3v) is 5.14. The van der Waals surface area contributed by atoms with Crippen LogP contribution in [0.2, 0.25) is 0 Å². The molecule has 8 heteroatoms. The van der Waals surface area contributed by atoms with Crippen molar-refractivity contribution in [2.45, 2.75) is 18.5 Å². The molecule has 26 heavy (non-hydrogen) atoms. The molecule has 2 atom stereocenters. The number of hydrogen-bond acceptors (Lipinski definition) is 6. The van der Waals surface area contributed by atoms with E-state index in [4.69, 9.17) is 9.47 Å². The molecule has 0 fully saturated rings. The van der Waals surface area contributed by atoms with Crippen molar-refractivity contribution in [1.82, 2.24) is 20.2 Å². The van der Waals surface area contributed by atoms with Gasteiger partial charge in [-0.2, -0.15) is 0 Å². The highest BCUT2D eigenvalue weighted by molar-refractivity contribution is 9.10. The summed E-state index contributed by atoms with van der Waals surface area (Å²) in [6, 6.07) is 14.2. The largest absolute Gasteiger partial charge is 0.493 e. The van der Waals surface area contributed by atoms with E-state index in [1.165, 1.54) is 5.56 Å². The number of methoxy groups -OCH3 is 2. The molecule has 2 aromatic carbocycles. The molecule has 7 nitrogen and oxygen atoms in total. The second kappa shape index (κ2) is 6.95. The van der Waals surface area contributed by atoms with Crippen LogP contribution in [0.5, 0.6) is 11.5 Å². The van der Waals surface area contributed by atoms with Crippen molar-refractivity contribution in [3.8, 4) is 11.5 Å². The number of tetrazole rings is 1. The Morgan fingerprint density at radius 2 is 1.92 bits per heavy atom. The van der Waals surface area contributed by atoms with Crippen LogP contribution < -0.4 is 14.8 Å². The lowest BCUT2D eigenvalue weighted by Gasteiger charge is -2.32. The van der Waals surface area contributed by atoms with Gasteiger partial charge in [0.25, 0.3) is 0 Å². The smallest absolute Gasteiger partial charge is 0.243 e. The van der Waals surface area contributed by atoms with Gasteiger partial charge in [-0.25, -0.2) is 4.68 Å². The average molecular weight is 416 g/mol. The number of para-hydroxylation sites is 1. The van der Waals surface area contributed by atoms with Crippen molar-refractivity contribution in [2.75, 3.05) is 19.5 Å². The molecule has 1 aliphatic rings. The number of ether oxygens (including phenoxy) is 2. The van der Waals surface area contributed by atoms with E-state index in [1.807, 2.05) is 30.3 Å². The molecule has 0 bridgehead atoms. The summed E-state index contributed by atoms with van der Waals surface area (Å²) < 4.78 is 13.9. The maximum absolute atomic E-state index is 5.64. The van der Waals surface area contributed by atoms with Gasteiger partial charge in [0.2, 0.25) is 5.95 Å². The van der Waals surface area contributed by atoms with Gasteiger partial charge in [-0.15, -0.1) is 0 Å². The van der Waals surface area contributed by atoms with E-state index in [2.05, 4.69) is 48.9 Å². The molecule has 0 radical (unpaired) electrons. The van der Waals surface area contributed by atoms with E-state index in [1.54, 1.807) is 18.9 Å². The van der Waals surface area contributed by atoms with Gasteiger partial charge in [0, 0.05) is 10.0 Å². The van der Waals surface area contributed by atoms with Gasteiger partial charge in [0.05, 0.1) is 26.3 Å². The van der Waals surface area contributed by atoms with Crippen molar-refractivity contribution in [1.29, 1.82) is 0 Å². The van der Waals surface area contributed by atoms with Crippen LogP contribution in [0.15, 0.2) is 46.9 Å². The molecule has 134 valence electrons. The Bertz CT molecular complexity index is 912. The van der Waals surface area contributed by atoms with Gasteiger partial charge < -0.3 is 14.8 Å². The van der Waals surface area contributed by atoms with Gasteiger partial charge in [-0.1, -0.05) is 45.3 Å². The average Bonchev–Trinajstić information content (AvgIpc) is 3.15. The first-order valence-electron chi connectivity index (χ1n) is 8.22. The molecule has 1 aliphatic heterocycles. The molecule has 0 spiro atoms. The highest BCUT2D eigenvalue weighted by Crippen LogP contribution is 2.43. The number of rotatable bonds is 4. The molecule has 4 rings (SSSR count).